The molecule has 2 rings (SSSR count). The number of methoxy groups -OCH3 is 1. The van der Waals surface area contributed by atoms with Crippen LogP contribution in [0.15, 0.2) is 47.8 Å². The summed E-state index contributed by atoms with van der Waals surface area (Å²) >= 11 is 0. The summed E-state index contributed by atoms with van der Waals surface area (Å²) < 4.78 is 10.0. The number of nitrogens with zero attached hydrogens (tertiary/aromatic N) is 2. The van der Waals surface area contributed by atoms with Gasteiger partial charge in [-0.1, -0.05) is 18.2 Å². The van der Waals surface area contributed by atoms with E-state index in [9.17, 15) is 14.4 Å². The van der Waals surface area contributed by atoms with E-state index in [1.807, 2.05) is 6.07 Å². The minimum atomic E-state index is -0.792. The minimum Gasteiger partial charge on any atom is -0.504 e. The van der Waals surface area contributed by atoms with Crippen LogP contribution in [0.1, 0.15) is 13.3 Å². The maximum atomic E-state index is 12.9. The Morgan fingerprint density at radius 1 is 1.24 bits per heavy atom. The van der Waals surface area contributed by atoms with Crippen molar-refractivity contribution >= 4 is 29.1 Å². The van der Waals surface area contributed by atoms with Gasteiger partial charge in [-0.3, -0.25) is 9.59 Å². The van der Waals surface area contributed by atoms with Gasteiger partial charge in [0, 0.05) is 37.0 Å². The highest BCUT2D eigenvalue weighted by Crippen LogP contribution is 2.14. The maximum absolute atomic E-state index is 12.9. The number of urea groups is 1. The Balaban J connectivity index is 2.07. The Bertz CT molecular complexity index is 757. The molecule has 0 saturated carbocycles. The van der Waals surface area contributed by atoms with Crippen LogP contribution >= 0.6 is 0 Å². The van der Waals surface area contributed by atoms with Crippen LogP contribution in [0.3, 0.4) is 0 Å². The molecule has 29 heavy (non-hydrogen) atoms. The van der Waals surface area contributed by atoms with Gasteiger partial charge < -0.3 is 19.7 Å². The number of nitrogens with one attached hydrogen (secondary N) is 2. The number of amides is 3. The molecular weight excluding hydrogens is 376 g/mol. The lowest BCUT2D eigenvalue weighted by Crippen LogP contribution is -2.46. The number of benzene rings is 1. The smallest absolute Gasteiger partial charge is 0.339 e. The number of allylic oxidation sites excluding steroid dienone is 1. The molecule has 1 aliphatic rings. The maximum Gasteiger partial charge on any atom is 0.339 e. The average molecular weight is 402 g/mol. The van der Waals surface area contributed by atoms with Gasteiger partial charge in [0.1, 0.15) is 0 Å². The summed E-state index contributed by atoms with van der Waals surface area (Å²) in [5, 5.41) is 6.67. The molecule has 1 atom stereocenters. The van der Waals surface area contributed by atoms with Crippen LogP contribution < -0.4 is 10.7 Å². The Morgan fingerprint density at radius 3 is 2.59 bits per heavy atom. The summed E-state index contributed by atoms with van der Waals surface area (Å²) in [5.74, 6) is -1.29. The van der Waals surface area contributed by atoms with E-state index in [2.05, 4.69) is 15.8 Å². The number of rotatable bonds is 8. The number of ether oxygens (including phenoxy) is 2. The normalized spacial score (nSPS) is 15.7. The van der Waals surface area contributed by atoms with Crippen molar-refractivity contribution < 1.29 is 23.9 Å². The molecule has 0 aliphatic carbocycles. The van der Waals surface area contributed by atoms with Gasteiger partial charge in [0.05, 0.1) is 32.5 Å². The molecule has 0 radical (unpaired) electrons. The number of anilines is 1. The van der Waals surface area contributed by atoms with E-state index in [0.717, 1.165) is 0 Å². The second kappa shape index (κ2) is 11.6. The average Bonchev–Trinajstić information content (AvgIpc) is 2.75. The van der Waals surface area contributed by atoms with E-state index in [4.69, 9.17) is 9.47 Å². The van der Waals surface area contributed by atoms with E-state index < -0.39 is 11.9 Å². The molecule has 1 aromatic carbocycles. The first-order valence-corrected chi connectivity index (χ1v) is 9.26. The number of hydrazone groups is 1. The molecule has 0 spiro atoms. The van der Waals surface area contributed by atoms with Crippen LogP contribution in [0.2, 0.25) is 0 Å². The van der Waals surface area contributed by atoms with Crippen molar-refractivity contribution in [1.82, 2.24) is 10.3 Å². The predicted octanol–water partition coefficient (Wildman–Crippen LogP) is 1.78. The van der Waals surface area contributed by atoms with Crippen LogP contribution in [0.25, 0.3) is 0 Å². The fourth-order valence-corrected chi connectivity index (χ4v) is 2.73. The molecule has 1 heterocycles. The molecule has 0 aromatic heterocycles. The summed E-state index contributed by atoms with van der Waals surface area (Å²) in [6, 6.07) is 8.35. The number of carbonyl (C=O) groups is 3. The van der Waals surface area contributed by atoms with Crippen molar-refractivity contribution in [3.8, 4) is 0 Å². The summed E-state index contributed by atoms with van der Waals surface area (Å²) in [6.07, 6.45) is 2.45. The molecule has 3 amide bonds. The van der Waals surface area contributed by atoms with Crippen LogP contribution in [-0.4, -0.2) is 61.7 Å². The van der Waals surface area contributed by atoms with E-state index in [1.54, 1.807) is 36.1 Å². The molecule has 2 N–H and O–H groups in total. The molecule has 1 aromatic rings. The first-order valence-electron chi connectivity index (χ1n) is 9.26. The van der Waals surface area contributed by atoms with Gasteiger partial charge >= 0.3 is 6.03 Å². The van der Waals surface area contributed by atoms with Crippen molar-refractivity contribution in [3.05, 3.63) is 42.7 Å². The van der Waals surface area contributed by atoms with Crippen LogP contribution in [0.4, 0.5) is 10.5 Å². The fraction of sp³-hybridized carbons (Fsp3) is 0.400. The van der Waals surface area contributed by atoms with Gasteiger partial charge in [-0.2, -0.15) is 5.10 Å². The first-order chi connectivity index (χ1) is 14.0. The predicted molar refractivity (Wildman–Crippen MR) is 108 cm³/mol. The molecule has 156 valence electrons. The van der Waals surface area contributed by atoms with Crippen molar-refractivity contribution in [2.24, 2.45) is 11.0 Å². The minimum absolute atomic E-state index is 0.0760. The van der Waals surface area contributed by atoms with Crippen LogP contribution in [0.5, 0.6) is 0 Å². The van der Waals surface area contributed by atoms with E-state index >= 15 is 0 Å². The van der Waals surface area contributed by atoms with Gasteiger partial charge in [0.2, 0.25) is 5.91 Å². The van der Waals surface area contributed by atoms with Gasteiger partial charge in [-0.25, -0.2) is 10.2 Å². The topological polar surface area (TPSA) is 109 Å². The Labute approximate surface area is 169 Å². The standard InChI is InChI=1S/C20H26N4O5/c1-15(22-23-20(27)21-16-6-4-3-5-7-16)18(14-17(25)8-11-28-2)19(26)24-9-12-29-13-10-24/h3-8,11,18H,9-10,12-14H2,1-2H3,(H2,21,23,27)/b11-8+,22-15+. The van der Waals surface area contributed by atoms with E-state index in [1.165, 1.54) is 19.4 Å². The molecule has 1 unspecified atom stereocenters. The van der Waals surface area contributed by atoms with Crippen LogP contribution in [0, 0.1) is 5.92 Å². The van der Waals surface area contributed by atoms with E-state index in [-0.39, 0.29) is 18.1 Å². The summed E-state index contributed by atoms with van der Waals surface area (Å²) in [7, 11) is 1.43. The Hall–Kier alpha value is -3.20. The number of morpholine rings is 1. The first kappa shape index (κ1) is 22.1. The third-order valence-corrected chi connectivity index (χ3v) is 4.29. The molecule has 1 saturated heterocycles. The largest absolute Gasteiger partial charge is 0.504 e. The van der Waals surface area contributed by atoms with E-state index in [0.29, 0.717) is 37.7 Å². The molecule has 9 nitrogen and oxygen atoms in total. The summed E-state index contributed by atoms with van der Waals surface area (Å²) in [6.45, 7) is 3.41. The highest BCUT2D eigenvalue weighted by Gasteiger charge is 2.29. The Morgan fingerprint density at radius 2 is 1.93 bits per heavy atom. The molecule has 1 fully saturated rings. The number of hydrogen-bond donors (Lipinski definition) is 2. The third kappa shape index (κ3) is 7.38. The van der Waals surface area contributed by atoms with Crippen molar-refractivity contribution in [3.63, 3.8) is 0 Å². The summed E-state index contributed by atoms with van der Waals surface area (Å²) in [5.41, 5.74) is 3.32. The molecular formula is C20H26N4O5. The van der Waals surface area contributed by atoms with Gasteiger partial charge in [0.15, 0.2) is 5.78 Å². The lowest BCUT2D eigenvalue weighted by molar-refractivity contribution is -0.138. The fourth-order valence-electron chi connectivity index (χ4n) is 2.73. The lowest BCUT2D eigenvalue weighted by atomic mass is 9.95. The van der Waals surface area contributed by atoms with Crippen molar-refractivity contribution in [2.75, 3.05) is 38.7 Å². The SMILES string of the molecule is CO/C=C/C(=O)CC(C(=O)N1CCOCC1)/C(C)=N/NC(=O)Nc1ccccc1. The Kier molecular flexibility index (Phi) is 8.84. The van der Waals surface area contributed by atoms with Crippen molar-refractivity contribution in [1.29, 1.82) is 0 Å². The highest BCUT2D eigenvalue weighted by molar-refractivity contribution is 6.07. The molecule has 9 heteroatoms. The molecule has 1 aliphatic heterocycles. The lowest BCUT2D eigenvalue weighted by Gasteiger charge is -2.30. The van der Waals surface area contributed by atoms with Gasteiger partial charge in [-0.05, 0) is 19.1 Å². The highest BCUT2D eigenvalue weighted by atomic mass is 16.5. The molecule has 0 bridgehead atoms. The van der Waals surface area contributed by atoms with Crippen LogP contribution in [-0.2, 0) is 19.1 Å². The number of para-hydroxylation sites is 1. The zero-order chi connectivity index (χ0) is 21.1. The van der Waals surface area contributed by atoms with Gasteiger partial charge in [0.25, 0.3) is 0 Å². The quantitative estimate of drug-likeness (QED) is 0.298. The van der Waals surface area contributed by atoms with Crippen molar-refractivity contribution in [2.45, 2.75) is 13.3 Å². The summed E-state index contributed by atoms with van der Waals surface area (Å²) in [4.78, 5) is 38.8. The zero-order valence-electron chi connectivity index (χ0n) is 16.6. The second-order valence-electron chi connectivity index (χ2n) is 6.38. The number of carbonyl (C=O) groups excluding carboxylic acids is 3. The van der Waals surface area contributed by atoms with Gasteiger partial charge in [-0.15, -0.1) is 0 Å². The zero-order valence-corrected chi connectivity index (χ0v) is 16.6. The second-order valence-corrected chi connectivity index (χ2v) is 6.38. The monoisotopic (exact) mass is 402 g/mol. The number of ketones is 1. The third-order valence-electron chi connectivity index (χ3n) is 4.29. The number of hydrogen-bond acceptors (Lipinski definition) is 6.